The molecule has 0 spiro atoms. The first kappa shape index (κ1) is 20.7. The summed E-state index contributed by atoms with van der Waals surface area (Å²) in [6, 6.07) is 7.63. The summed E-state index contributed by atoms with van der Waals surface area (Å²) in [6.07, 6.45) is 6.90. The minimum atomic E-state index is -0.289. The van der Waals surface area contributed by atoms with Crippen molar-refractivity contribution in [3.05, 3.63) is 54.1 Å². The number of piperidine rings is 1. The highest BCUT2D eigenvalue weighted by atomic mass is 35.5. The molecule has 3 aromatic rings. The van der Waals surface area contributed by atoms with E-state index in [4.69, 9.17) is 4.74 Å². The quantitative estimate of drug-likeness (QED) is 0.659. The van der Waals surface area contributed by atoms with Gasteiger partial charge in [-0.3, -0.25) is 4.79 Å². The van der Waals surface area contributed by atoms with Crippen molar-refractivity contribution in [2.75, 3.05) is 18.4 Å². The largest absolute Gasteiger partial charge is 0.424 e. The maximum atomic E-state index is 12.5. The fourth-order valence-electron chi connectivity index (χ4n) is 3.10. The average molecular weight is 416 g/mol. The molecule has 2 aromatic heterocycles. The number of aryl methyl sites for hydroxylation is 1. The second-order valence-corrected chi connectivity index (χ2v) is 6.63. The standard InChI is InChI=1S/C19H21N7O2.ClH/c1-13-11-15(28-19-21-7-2-8-22-19)3-4-16(13)23-18(27)17-12-26(25-24-17)14-5-9-20-10-6-14;/h2-4,7-8,11-12,14,20H,5-6,9-10H2,1H3,(H,23,27);1H. The van der Waals surface area contributed by atoms with Crippen LogP contribution >= 0.6 is 12.4 Å². The maximum Gasteiger partial charge on any atom is 0.321 e. The minimum absolute atomic E-state index is 0. The molecule has 0 saturated carbocycles. The number of ether oxygens (including phenoxy) is 1. The van der Waals surface area contributed by atoms with E-state index < -0.39 is 0 Å². The normalized spacial score (nSPS) is 14.1. The number of aromatic nitrogens is 5. The number of nitrogens with zero attached hydrogens (tertiary/aromatic N) is 5. The molecular formula is C19H22ClN7O2. The van der Waals surface area contributed by atoms with E-state index in [-0.39, 0.29) is 30.4 Å². The van der Waals surface area contributed by atoms with Crippen molar-refractivity contribution in [1.82, 2.24) is 30.3 Å². The van der Waals surface area contributed by atoms with Gasteiger partial charge in [0, 0.05) is 18.1 Å². The van der Waals surface area contributed by atoms with Crippen molar-refractivity contribution < 1.29 is 9.53 Å². The molecular weight excluding hydrogens is 394 g/mol. The molecule has 1 saturated heterocycles. The number of hydrogen-bond donors (Lipinski definition) is 2. The number of anilines is 1. The van der Waals surface area contributed by atoms with Crippen LogP contribution in [0.4, 0.5) is 5.69 Å². The summed E-state index contributed by atoms with van der Waals surface area (Å²) in [4.78, 5) is 20.6. The van der Waals surface area contributed by atoms with E-state index in [0.717, 1.165) is 31.5 Å². The van der Waals surface area contributed by atoms with Gasteiger partial charge in [0.25, 0.3) is 5.91 Å². The Balaban J connectivity index is 0.00000240. The number of rotatable bonds is 5. The predicted octanol–water partition coefficient (Wildman–Crippen LogP) is 2.77. The smallest absolute Gasteiger partial charge is 0.321 e. The first-order chi connectivity index (χ1) is 13.7. The van der Waals surface area contributed by atoms with Gasteiger partial charge in [0.1, 0.15) is 5.75 Å². The topological polar surface area (TPSA) is 107 Å². The van der Waals surface area contributed by atoms with Crippen molar-refractivity contribution in [1.29, 1.82) is 0 Å². The Morgan fingerprint density at radius 3 is 2.72 bits per heavy atom. The van der Waals surface area contributed by atoms with E-state index >= 15 is 0 Å². The van der Waals surface area contributed by atoms with Gasteiger partial charge in [-0.2, -0.15) is 0 Å². The van der Waals surface area contributed by atoms with E-state index in [9.17, 15) is 4.79 Å². The Morgan fingerprint density at radius 2 is 2.00 bits per heavy atom. The lowest BCUT2D eigenvalue weighted by Crippen LogP contribution is -2.29. The molecule has 0 radical (unpaired) electrons. The van der Waals surface area contributed by atoms with E-state index in [1.54, 1.807) is 41.5 Å². The Kier molecular flexibility index (Phi) is 6.73. The number of carbonyl (C=O) groups excluding carboxylic acids is 1. The van der Waals surface area contributed by atoms with Crippen molar-refractivity contribution in [2.45, 2.75) is 25.8 Å². The summed E-state index contributed by atoms with van der Waals surface area (Å²) in [6.45, 7) is 3.79. The molecule has 1 aliphatic heterocycles. The van der Waals surface area contributed by atoms with Crippen LogP contribution in [0, 0.1) is 6.92 Å². The molecule has 152 valence electrons. The van der Waals surface area contributed by atoms with E-state index in [2.05, 4.69) is 30.9 Å². The minimum Gasteiger partial charge on any atom is -0.424 e. The Hall–Kier alpha value is -3.04. The van der Waals surface area contributed by atoms with E-state index in [1.165, 1.54) is 0 Å². The van der Waals surface area contributed by atoms with Gasteiger partial charge >= 0.3 is 6.01 Å². The Bertz CT molecular complexity index is 958. The van der Waals surface area contributed by atoms with Gasteiger partial charge in [-0.1, -0.05) is 5.21 Å². The first-order valence-electron chi connectivity index (χ1n) is 9.18. The van der Waals surface area contributed by atoms with Gasteiger partial charge < -0.3 is 15.4 Å². The molecule has 3 heterocycles. The predicted molar refractivity (Wildman–Crippen MR) is 110 cm³/mol. The zero-order chi connectivity index (χ0) is 19.3. The number of benzene rings is 1. The maximum absolute atomic E-state index is 12.5. The number of halogens is 1. The lowest BCUT2D eigenvalue weighted by molar-refractivity contribution is 0.102. The third-order valence-electron chi connectivity index (χ3n) is 4.62. The molecule has 0 unspecified atom stereocenters. The molecule has 29 heavy (non-hydrogen) atoms. The highest BCUT2D eigenvalue weighted by Crippen LogP contribution is 2.24. The van der Waals surface area contributed by atoms with Crippen LogP contribution in [0.1, 0.15) is 34.9 Å². The van der Waals surface area contributed by atoms with Gasteiger partial charge in [0.15, 0.2) is 5.69 Å². The van der Waals surface area contributed by atoms with Crippen molar-refractivity contribution in [3.8, 4) is 11.8 Å². The molecule has 4 rings (SSSR count). The number of amides is 1. The number of nitrogens with one attached hydrogen (secondary N) is 2. The summed E-state index contributed by atoms with van der Waals surface area (Å²) in [7, 11) is 0. The monoisotopic (exact) mass is 415 g/mol. The molecule has 0 aliphatic carbocycles. The zero-order valence-corrected chi connectivity index (χ0v) is 16.7. The summed E-state index contributed by atoms with van der Waals surface area (Å²) >= 11 is 0. The van der Waals surface area contributed by atoms with Crippen LogP contribution in [0.2, 0.25) is 0 Å². The van der Waals surface area contributed by atoms with Crippen molar-refractivity contribution in [3.63, 3.8) is 0 Å². The highest BCUT2D eigenvalue weighted by Gasteiger charge is 2.19. The second kappa shape index (κ2) is 9.44. The van der Waals surface area contributed by atoms with Gasteiger partial charge in [0.2, 0.25) is 0 Å². The number of hydrogen-bond acceptors (Lipinski definition) is 7. The molecule has 9 nitrogen and oxygen atoms in total. The molecule has 0 bridgehead atoms. The molecule has 2 N–H and O–H groups in total. The van der Waals surface area contributed by atoms with Crippen LogP contribution in [-0.2, 0) is 0 Å². The highest BCUT2D eigenvalue weighted by molar-refractivity contribution is 6.03. The van der Waals surface area contributed by atoms with Crippen LogP contribution in [0.5, 0.6) is 11.8 Å². The molecule has 10 heteroatoms. The SMILES string of the molecule is Cc1cc(Oc2ncccn2)ccc1NC(=O)c1cn(C2CCNCC2)nn1.Cl. The molecule has 1 aromatic carbocycles. The van der Waals surface area contributed by atoms with Crippen LogP contribution in [-0.4, -0.2) is 44.0 Å². The molecule has 0 atom stereocenters. The fourth-order valence-corrected chi connectivity index (χ4v) is 3.10. The lowest BCUT2D eigenvalue weighted by Gasteiger charge is -2.22. The molecule has 1 amide bonds. The summed E-state index contributed by atoms with van der Waals surface area (Å²) < 4.78 is 7.40. The lowest BCUT2D eigenvalue weighted by atomic mass is 10.1. The van der Waals surface area contributed by atoms with E-state index in [0.29, 0.717) is 17.1 Å². The average Bonchev–Trinajstić information content (AvgIpc) is 3.22. The van der Waals surface area contributed by atoms with Crippen molar-refractivity contribution >= 4 is 24.0 Å². The van der Waals surface area contributed by atoms with Crippen LogP contribution in [0.15, 0.2) is 42.9 Å². The third kappa shape index (κ3) is 5.07. The molecule has 1 aliphatic rings. The van der Waals surface area contributed by atoms with Gasteiger partial charge in [-0.05, 0) is 62.7 Å². The van der Waals surface area contributed by atoms with Crippen LogP contribution in [0.3, 0.4) is 0 Å². The van der Waals surface area contributed by atoms with Crippen molar-refractivity contribution in [2.24, 2.45) is 0 Å². The molecule has 1 fully saturated rings. The summed E-state index contributed by atoms with van der Waals surface area (Å²) in [5.41, 5.74) is 1.84. The first-order valence-corrected chi connectivity index (χ1v) is 9.18. The Labute approximate surface area is 174 Å². The summed E-state index contributed by atoms with van der Waals surface area (Å²) in [5.74, 6) is 0.307. The zero-order valence-electron chi connectivity index (χ0n) is 15.9. The van der Waals surface area contributed by atoms with Crippen LogP contribution in [0.25, 0.3) is 0 Å². The van der Waals surface area contributed by atoms with E-state index in [1.807, 2.05) is 13.0 Å². The third-order valence-corrected chi connectivity index (χ3v) is 4.62. The van der Waals surface area contributed by atoms with Gasteiger partial charge in [-0.25, -0.2) is 14.6 Å². The fraction of sp³-hybridized carbons (Fsp3) is 0.316. The van der Waals surface area contributed by atoms with Crippen LogP contribution < -0.4 is 15.4 Å². The Morgan fingerprint density at radius 1 is 1.24 bits per heavy atom. The second-order valence-electron chi connectivity index (χ2n) is 6.63. The number of carbonyl (C=O) groups is 1. The summed E-state index contributed by atoms with van der Waals surface area (Å²) in [5, 5.41) is 14.4. The van der Waals surface area contributed by atoms with Gasteiger partial charge in [0.05, 0.1) is 12.2 Å². The van der Waals surface area contributed by atoms with Gasteiger partial charge in [-0.15, -0.1) is 17.5 Å².